The molecule has 0 heterocycles. The standard InChI is InChI=1S/C18H24N2O5/c1-13(2)19-18(23)20-15(11-14-7-5-4-6-8-14)12-25-17(22)10-9-16(21)24-3/h4-10,13,15H,11-12H2,1-3H3,(H2,19,20,23)/b10-9+/t15-/m1/s1. The second-order valence-corrected chi connectivity index (χ2v) is 5.65. The van der Waals surface area contributed by atoms with Crippen LogP contribution < -0.4 is 10.6 Å². The van der Waals surface area contributed by atoms with Crippen molar-refractivity contribution < 1.29 is 23.9 Å². The first-order valence-corrected chi connectivity index (χ1v) is 7.94. The molecule has 7 nitrogen and oxygen atoms in total. The van der Waals surface area contributed by atoms with Crippen molar-refractivity contribution in [2.24, 2.45) is 0 Å². The van der Waals surface area contributed by atoms with Crippen LogP contribution in [0.3, 0.4) is 0 Å². The monoisotopic (exact) mass is 348 g/mol. The Morgan fingerprint density at radius 1 is 1.04 bits per heavy atom. The first kappa shape index (κ1) is 20.2. The molecule has 1 aromatic rings. The molecular weight excluding hydrogens is 324 g/mol. The van der Waals surface area contributed by atoms with E-state index in [4.69, 9.17) is 4.74 Å². The van der Waals surface area contributed by atoms with Gasteiger partial charge in [0.2, 0.25) is 0 Å². The quantitative estimate of drug-likeness (QED) is 0.549. The molecule has 0 aromatic heterocycles. The van der Waals surface area contributed by atoms with E-state index in [0.29, 0.717) is 6.42 Å². The Bertz CT molecular complexity index is 599. The summed E-state index contributed by atoms with van der Waals surface area (Å²) in [6, 6.07) is 8.78. The Kier molecular flexibility index (Phi) is 8.78. The largest absolute Gasteiger partial charge is 0.466 e. The third-order valence-electron chi connectivity index (χ3n) is 3.06. The third-order valence-corrected chi connectivity index (χ3v) is 3.06. The maximum absolute atomic E-state index is 11.9. The molecule has 136 valence electrons. The molecule has 0 spiro atoms. The maximum Gasteiger partial charge on any atom is 0.331 e. The van der Waals surface area contributed by atoms with E-state index in [9.17, 15) is 14.4 Å². The number of esters is 2. The fourth-order valence-electron chi connectivity index (χ4n) is 1.97. The fraction of sp³-hybridized carbons (Fsp3) is 0.389. The van der Waals surface area contributed by atoms with Crippen molar-refractivity contribution in [1.29, 1.82) is 0 Å². The summed E-state index contributed by atoms with van der Waals surface area (Å²) in [5.41, 5.74) is 0.999. The lowest BCUT2D eigenvalue weighted by atomic mass is 10.1. The number of nitrogens with one attached hydrogen (secondary N) is 2. The number of carbonyl (C=O) groups excluding carboxylic acids is 3. The number of urea groups is 1. The number of hydrogen-bond acceptors (Lipinski definition) is 5. The number of rotatable bonds is 8. The van der Waals surface area contributed by atoms with E-state index in [1.54, 1.807) is 0 Å². The molecule has 2 N–H and O–H groups in total. The summed E-state index contributed by atoms with van der Waals surface area (Å²) >= 11 is 0. The predicted molar refractivity (Wildman–Crippen MR) is 92.9 cm³/mol. The molecular formula is C18H24N2O5. The average Bonchev–Trinajstić information content (AvgIpc) is 2.57. The van der Waals surface area contributed by atoms with Gasteiger partial charge in [0.05, 0.1) is 13.2 Å². The Hall–Kier alpha value is -2.83. The van der Waals surface area contributed by atoms with Gasteiger partial charge < -0.3 is 20.1 Å². The van der Waals surface area contributed by atoms with Crippen LogP contribution in [-0.2, 0) is 25.5 Å². The van der Waals surface area contributed by atoms with Crippen molar-refractivity contribution in [3.63, 3.8) is 0 Å². The number of hydrogen-bond donors (Lipinski definition) is 2. The summed E-state index contributed by atoms with van der Waals surface area (Å²) in [6.07, 6.45) is 2.47. The van der Waals surface area contributed by atoms with Crippen molar-refractivity contribution >= 4 is 18.0 Å². The lowest BCUT2D eigenvalue weighted by Gasteiger charge is -2.20. The molecule has 1 rings (SSSR count). The third kappa shape index (κ3) is 9.14. The van der Waals surface area contributed by atoms with Crippen LogP contribution in [0.5, 0.6) is 0 Å². The highest BCUT2D eigenvalue weighted by molar-refractivity contribution is 5.91. The van der Waals surface area contributed by atoms with Crippen molar-refractivity contribution in [1.82, 2.24) is 10.6 Å². The van der Waals surface area contributed by atoms with Crippen LogP contribution in [0.2, 0.25) is 0 Å². The van der Waals surface area contributed by atoms with Gasteiger partial charge in [-0.3, -0.25) is 0 Å². The van der Waals surface area contributed by atoms with E-state index in [1.807, 2.05) is 44.2 Å². The first-order chi connectivity index (χ1) is 11.9. The summed E-state index contributed by atoms with van der Waals surface area (Å²) in [5.74, 6) is -1.33. The molecule has 0 aliphatic carbocycles. The normalized spacial score (nSPS) is 11.8. The predicted octanol–water partition coefficient (Wildman–Crippen LogP) is 1.58. The number of benzene rings is 1. The van der Waals surface area contributed by atoms with Gasteiger partial charge in [-0.25, -0.2) is 14.4 Å². The fourth-order valence-corrected chi connectivity index (χ4v) is 1.97. The van der Waals surface area contributed by atoms with Gasteiger partial charge in [0.25, 0.3) is 0 Å². The Morgan fingerprint density at radius 3 is 2.28 bits per heavy atom. The van der Waals surface area contributed by atoms with E-state index in [0.717, 1.165) is 17.7 Å². The van der Waals surface area contributed by atoms with Gasteiger partial charge in [-0.05, 0) is 25.8 Å². The Morgan fingerprint density at radius 2 is 1.68 bits per heavy atom. The SMILES string of the molecule is COC(=O)/C=C/C(=O)OC[C@@H](Cc1ccccc1)NC(=O)NC(C)C. The minimum absolute atomic E-state index is 0.0112. The molecule has 7 heteroatoms. The number of ether oxygens (including phenoxy) is 2. The lowest BCUT2D eigenvalue weighted by Crippen LogP contribution is -2.47. The van der Waals surface area contributed by atoms with E-state index in [2.05, 4.69) is 15.4 Å². The summed E-state index contributed by atoms with van der Waals surface area (Å²) in [6.45, 7) is 3.68. The maximum atomic E-state index is 11.9. The summed E-state index contributed by atoms with van der Waals surface area (Å²) < 4.78 is 9.50. The topological polar surface area (TPSA) is 93.7 Å². The number of methoxy groups -OCH3 is 1. The zero-order valence-corrected chi connectivity index (χ0v) is 14.7. The van der Waals surface area contributed by atoms with Gasteiger partial charge in [0, 0.05) is 18.2 Å². The molecule has 1 aromatic carbocycles. The van der Waals surface area contributed by atoms with E-state index < -0.39 is 18.0 Å². The van der Waals surface area contributed by atoms with Gasteiger partial charge in [0.1, 0.15) is 6.61 Å². The average molecular weight is 348 g/mol. The van der Waals surface area contributed by atoms with Crippen LogP contribution in [0.1, 0.15) is 19.4 Å². The number of carbonyl (C=O) groups is 3. The highest BCUT2D eigenvalue weighted by Gasteiger charge is 2.15. The summed E-state index contributed by atoms with van der Waals surface area (Å²) in [4.78, 5) is 34.5. The van der Waals surface area contributed by atoms with Gasteiger partial charge in [-0.15, -0.1) is 0 Å². The minimum atomic E-state index is -0.686. The smallest absolute Gasteiger partial charge is 0.331 e. The Balaban J connectivity index is 2.63. The van der Waals surface area contributed by atoms with Crippen LogP contribution in [0, 0.1) is 0 Å². The van der Waals surface area contributed by atoms with Gasteiger partial charge in [-0.1, -0.05) is 30.3 Å². The minimum Gasteiger partial charge on any atom is -0.466 e. The van der Waals surface area contributed by atoms with Crippen LogP contribution in [0.25, 0.3) is 0 Å². The lowest BCUT2D eigenvalue weighted by molar-refractivity contribution is -0.139. The molecule has 0 radical (unpaired) electrons. The van der Waals surface area contributed by atoms with Gasteiger partial charge in [0.15, 0.2) is 0 Å². The highest BCUT2D eigenvalue weighted by Crippen LogP contribution is 2.04. The van der Waals surface area contributed by atoms with Crippen molar-refractivity contribution in [2.45, 2.75) is 32.4 Å². The van der Waals surface area contributed by atoms with Crippen LogP contribution >= 0.6 is 0 Å². The van der Waals surface area contributed by atoms with Crippen molar-refractivity contribution in [2.75, 3.05) is 13.7 Å². The van der Waals surface area contributed by atoms with Crippen LogP contribution in [0.15, 0.2) is 42.5 Å². The molecule has 2 amide bonds. The molecule has 0 aliphatic heterocycles. The van der Waals surface area contributed by atoms with E-state index >= 15 is 0 Å². The summed E-state index contributed by atoms with van der Waals surface area (Å²) in [5, 5.41) is 5.51. The van der Waals surface area contributed by atoms with Crippen molar-refractivity contribution in [3.8, 4) is 0 Å². The molecule has 0 fully saturated rings. The molecule has 0 bridgehead atoms. The molecule has 25 heavy (non-hydrogen) atoms. The zero-order chi connectivity index (χ0) is 18.7. The number of amides is 2. The van der Waals surface area contributed by atoms with Gasteiger partial charge >= 0.3 is 18.0 Å². The van der Waals surface area contributed by atoms with Crippen LogP contribution in [-0.4, -0.2) is 43.8 Å². The molecule has 1 atom stereocenters. The van der Waals surface area contributed by atoms with E-state index in [-0.39, 0.29) is 18.7 Å². The second kappa shape index (κ2) is 10.9. The van der Waals surface area contributed by atoms with Gasteiger partial charge in [-0.2, -0.15) is 0 Å². The zero-order valence-electron chi connectivity index (χ0n) is 14.7. The Labute approximate surface area is 147 Å². The molecule has 0 saturated carbocycles. The highest BCUT2D eigenvalue weighted by atomic mass is 16.5. The summed E-state index contributed by atoms with van der Waals surface area (Å²) in [7, 11) is 1.21. The molecule has 0 unspecified atom stereocenters. The van der Waals surface area contributed by atoms with Crippen LogP contribution in [0.4, 0.5) is 4.79 Å². The first-order valence-electron chi connectivity index (χ1n) is 7.94. The van der Waals surface area contributed by atoms with E-state index in [1.165, 1.54) is 7.11 Å². The molecule has 0 aliphatic rings. The molecule has 0 saturated heterocycles. The van der Waals surface area contributed by atoms with Crippen molar-refractivity contribution in [3.05, 3.63) is 48.0 Å². The second-order valence-electron chi connectivity index (χ2n) is 5.65.